The molecule has 0 aliphatic rings. The van der Waals surface area contributed by atoms with Crippen molar-refractivity contribution >= 4 is 35.4 Å². The van der Waals surface area contributed by atoms with Crippen LogP contribution in [0, 0.1) is 6.92 Å². The molecule has 0 saturated heterocycles. The number of anilines is 1. The van der Waals surface area contributed by atoms with E-state index in [9.17, 15) is 14.4 Å². The number of benzene rings is 4. The van der Waals surface area contributed by atoms with Gasteiger partial charge in [-0.05, 0) is 53.4 Å². The first kappa shape index (κ1) is 29.2. The van der Waals surface area contributed by atoms with Crippen LogP contribution in [-0.4, -0.2) is 24.2 Å². The Morgan fingerprint density at radius 1 is 0.756 bits per heavy atom. The molecule has 0 spiro atoms. The van der Waals surface area contributed by atoms with Crippen LogP contribution in [0.1, 0.15) is 22.3 Å². The minimum Gasteiger partial charge on any atom is -0.445 e. The summed E-state index contributed by atoms with van der Waals surface area (Å²) in [6.45, 7) is 1.99. The van der Waals surface area contributed by atoms with Gasteiger partial charge in [-0.1, -0.05) is 90.5 Å². The smallest absolute Gasteiger partial charge is 0.445 e. The molecule has 0 aliphatic heterocycles. The molecule has 0 aliphatic carbocycles. The molecule has 0 aromatic heterocycles. The van der Waals surface area contributed by atoms with E-state index in [-0.39, 0.29) is 25.4 Å². The molecule has 2 amide bonds. The summed E-state index contributed by atoms with van der Waals surface area (Å²) in [4.78, 5) is 38.0. The number of ether oxygens (including phenoxy) is 3. The van der Waals surface area contributed by atoms with Gasteiger partial charge in [0.2, 0.25) is 5.91 Å². The Kier molecular flexibility index (Phi) is 10.3. The highest BCUT2D eigenvalue weighted by Gasteiger charge is 2.23. The topological polar surface area (TPSA) is 103 Å². The summed E-state index contributed by atoms with van der Waals surface area (Å²) in [7, 11) is 0. The van der Waals surface area contributed by atoms with Crippen LogP contribution in [-0.2, 0) is 33.9 Å². The lowest BCUT2D eigenvalue weighted by molar-refractivity contribution is -0.118. The molecule has 0 unspecified atom stereocenters. The fourth-order valence-corrected chi connectivity index (χ4v) is 4.01. The SMILES string of the molecule is Cc1ccc(Cl)cc1NC(=O)[C@H](Cc1ccc(OC(=O)OCc2ccccc2)cc1)NC(=O)OCc1ccccc1. The number of aryl methyl sites for hydroxylation is 1. The second-order valence-electron chi connectivity index (χ2n) is 9.18. The van der Waals surface area contributed by atoms with E-state index >= 15 is 0 Å². The molecule has 4 rings (SSSR count). The van der Waals surface area contributed by atoms with Crippen LogP contribution in [0.15, 0.2) is 103 Å². The van der Waals surface area contributed by atoms with E-state index in [1.54, 1.807) is 42.5 Å². The highest BCUT2D eigenvalue weighted by molar-refractivity contribution is 6.31. The summed E-state index contributed by atoms with van der Waals surface area (Å²) in [6, 6.07) is 29.2. The average Bonchev–Trinajstić information content (AvgIpc) is 2.98. The Balaban J connectivity index is 1.39. The number of hydrogen-bond donors (Lipinski definition) is 2. The standard InChI is InChI=1S/C32H29ClN2O6/c1-22-12-15-26(33)19-28(22)34-30(36)29(35-31(37)39-20-24-8-4-2-5-9-24)18-23-13-16-27(17-14-23)41-32(38)40-21-25-10-6-3-7-11-25/h2-17,19,29H,18,20-21H2,1H3,(H,34,36)(H,35,37)/t29-/m0/s1. The Morgan fingerprint density at radius 2 is 1.37 bits per heavy atom. The molecule has 9 heteroatoms. The van der Waals surface area contributed by atoms with Crippen molar-refractivity contribution in [2.45, 2.75) is 32.6 Å². The molecule has 1 atom stereocenters. The second kappa shape index (κ2) is 14.5. The van der Waals surface area contributed by atoms with Crippen molar-refractivity contribution in [3.63, 3.8) is 0 Å². The second-order valence-corrected chi connectivity index (χ2v) is 9.62. The third-order valence-electron chi connectivity index (χ3n) is 6.04. The number of carbonyl (C=O) groups excluding carboxylic acids is 3. The third-order valence-corrected chi connectivity index (χ3v) is 6.28. The molecular formula is C32H29ClN2O6. The van der Waals surface area contributed by atoms with Gasteiger partial charge in [-0.2, -0.15) is 0 Å². The van der Waals surface area contributed by atoms with Gasteiger partial charge in [-0.3, -0.25) is 4.79 Å². The molecule has 210 valence electrons. The van der Waals surface area contributed by atoms with Gasteiger partial charge < -0.3 is 24.8 Å². The van der Waals surface area contributed by atoms with E-state index in [1.165, 1.54) is 0 Å². The summed E-state index contributed by atoms with van der Waals surface area (Å²) in [5, 5.41) is 5.96. The predicted octanol–water partition coefficient (Wildman–Crippen LogP) is 6.84. The van der Waals surface area contributed by atoms with Crippen molar-refractivity contribution in [2.75, 3.05) is 5.32 Å². The van der Waals surface area contributed by atoms with E-state index < -0.39 is 24.2 Å². The normalized spacial score (nSPS) is 11.2. The zero-order valence-corrected chi connectivity index (χ0v) is 23.1. The van der Waals surface area contributed by atoms with Gasteiger partial charge in [0.1, 0.15) is 25.0 Å². The summed E-state index contributed by atoms with van der Waals surface area (Å²) in [6.07, 6.45) is -1.43. The Bertz CT molecular complexity index is 1460. The lowest BCUT2D eigenvalue weighted by Crippen LogP contribution is -2.45. The first-order valence-corrected chi connectivity index (χ1v) is 13.3. The lowest BCUT2D eigenvalue weighted by atomic mass is 10.0. The minimum absolute atomic E-state index is 0.0564. The van der Waals surface area contributed by atoms with E-state index in [0.29, 0.717) is 16.3 Å². The molecule has 0 fully saturated rings. The molecule has 4 aromatic carbocycles. The Morgan fingerprint density at radius 3 is 2.00 bits per heavy atom. The Hall–Kier alpha value is -4.82. The minimum atomic E-state index is -0.973. The lowest BCUT2D eigenvalue weighted by Gasteiger charge is -2.19. The molecule has 0 radical (unpaired) electrons. The monoisotopic (exact) mass is 572 g/mol. The number of halogens is 1. The van der Waals surface area contributed by atoms with Gasteiger partial charge in [-0.25, -0.2) is 9.59 Å². The zero-order valence-electron chi connectivity index (χ0n) is 22.3. The molecule has 0 saturated carbocycles. The molecule has 41 heavy (non-hydrogen) atoms. The van der Waals surface area contributed by atoms with Crippen molar-refractivity contribution in [3.05, 3.63) is 130 Å². The molecular weight excluding hydrogens is 544 g/mol. The number of carbonyl (C=O) groups is 3. The van der Waals surface area contributed by atoms with Gasteiger partial charge in [0.05, 0.1) is 0 Å². The first-order valence-electron chi connectivity index (χ1n) is 12.9. The Labute approximate surface area is 243 Å². The van der Waals surface area contributed by atoms with E-state index in [0.717, 1.165) is 16.7 Å². The number of alkyl carbamates (subject to hydrolysis) is 1. The molecule has 0 bridgehead atoms. The summed E-state index contributed by atoms with van der Waals surface area (Å²) >= 11 is 6.11. The van der Waals surface area contributed by atoms with E-state index in [4.69, 9.17) is 25.8 Å². The van der Waals surface area contributed by atoms with Crippen LogP contribution in [0.5, 0.6) is 5.75 Å². The average molecular weight is 573 g/mol. The van der Waals surface area contributed by atoms with Crippen molar-refractivity contribution in [3.8, 4) is 5.75 Å². The van der Waals surface area contributed by atoms with Crippen molar-refractivity contribution in [2.24, 2.45) is 0 Å². The van der Waals surface area contributed by atoms with Gasteiger partial charge in [0.25, 0.3) is 0 Å². The largest absolute Gasteiger partial charge is 0.514 e. The number of nitrogens with one attached hydrogen (secondary N) is 2. The van der Waals surface area contributed by atoms with Crippen molar-refractivity contribution in [1.29, 1.82) is 0 Å². The molecule has 4 aromatic rings. The highest BCUT2D eigenvalue weighted by atomic mass is 35.5. The molecule has 8 nitrogen and oxygen atoms in total. The van der Waals surface area contributed by atoms with Gasteiger partial charge >= 0.3 is 12.2 Å². The van der Waals surface area contributed by atoms with Crippen LogP contribution < -0.4 is 15.4 Å². The molecule has 2 N–H and O–H groups in total. The van der Waals surface area contributed by atoms with Crippen LogP contribution >= 0.6 is 11.6 Å². The van der Waals surface area contributed by atoms with Gasteiger partial charge in [0, 0.05) is 17.1 Å². The third kappa shape index (κ3) is 9.40. The maximum atomic E-state index is 13.3. The van der Waals surface area contributed by atoms with Crippen molar-refractivity contribution in [1.82, 2.24) is 5.32 Å². The fraction of sp³-hybridized carbons (Fsp3) is 0.156. The summed E-state index contributed by atoms with van der Waals surface area (Å²) in [5.41, 5.74) is 3.71. The maximum Gasteiger partial charge on any atom is 0.514 e. The van der Waals surface area contributed by atoms with E-state index in [1.807, 2.05) is 67.6 Å². The molecule has 0 heterocycles. The van der Waals surface area contributed by atoms with Crippen molar-refractivity contribution < 1.29 is 28.6 Å². The maximum absolute atomic E-state index is 13.3. The fourth-order valence-electron chi connectivity index (χ4n) is 3.84. The predicted molar refractivity (Wildman–Crippen MR) is 156 cm³/mol. The number of rotatable bonds is 10. The summed E-state index contributed by atoms with van der Waals surface area (Å²) in [5.74, 6) is -0.172. The summed E-state index contributed by atoms with van der Waals surface area (Å²) < 4.78 is 15.7. The van der Waals surface area contributed by atoms with Crippen LogP contribution in [0.3, 0.4) is 0 Å². The van der Waals surface area contributed by atoms with Gasteiger partial charge in [-0.15, -0.1) is 0 Å². The quantitative estimate of drug-likeness (QED) is 0.159. The zero-order chi connectivity index (χ0) is 29.0. The van der Waals surface area contributed by atoms with Crippen LogP contribution in [0.2, 0.25) is 5.02 Å². The number of amides is 2. The van der Waals surface area contributed by atoms with Crippen LogP contribution in [0.25, 0.3) is 0 Å². The van der Waals surface area contributed by atoms with E-state index in [2.05, 4.69) is 10.6 Å². The van der Waals surface area contributed by atoms with Gasteiger partial charge in [0.15, 0.2) is 0 Å². The van der Waals surface area contributed by atoms with Crippen LogP contribution in [0.4, 0.5) is 15.3 Å². The number of hydrogen-bond acceptors (Lipinski definition) is 6. The first-order chi connectivity index (χ1) is 19.9. The highest BCUT2D eigenvalue weighted by Crippen LogP contribution is 2.21.